The highest BCUT2D eigenvalue weighted by Gasteiger charge is 2.14. The van der Waals surface area contributed by atoms with Crippen molar-refractivity contribution in [2.24, 2.45) is 5.10 Å². The number of aromatic hydroxyl groups is 1. The number of carbonyl (C=O) groups excluding carboxylic acids is 2. The molecule has 166 valence electrons. The van der Waals surface area contributed by atoms with Crippen LogP contribution in [-0.2, 0) is 4.79 Å². The van der Waals surface area contributed by atoms with E-state index in [9.17, 15) is 14.7 Å². The molecule has 0 radical (unpaired) electrons. The maximum Gasteiger partial charge on any atom is 0.287 e. The third-order valence-corrected chi connectivity index (χ3v) is 4.70. The predicted octanol–water partition coefficient (Wildman–Crippen LogP) is 4.65. The van der Waals surface area contributed by atoms with Crippen LogP contribution in [0.25, 0.3) is 6.08 Å². The molecule has 6 heteroatoms. The van der Waals surface area contributed by atoms with Crippen LogP contribution >= 0.6 is 0 Å². The summed E-state index contributed by atoms with van der Waals surface area (Å²) in [4.78, 5) is 25.6. The van der Waals surface area contributed by atoms with Gasteiger partial charge >= 0.3 is 0 Å². The number of phenols is 1. The average molecular weight is 440 g/mol. The normalized spacial score (nSPS) is 12.2. The van der Waals surface area contributed by atoms with E-state index in [1.807, 2.05) is 49.4 Å². The number of rotatable bonds is 7. The molecule has 0 unspecified atom stereocenters. The number of allylic oxidation sites excluding steroid dienone is 2. The summed E-state index contributed by atoms with van der Waals surface area (Å²) >= 11 is 0. The van der Waals surface area contributed by atoms with Crippen molar-refractivity contribution in [3.63, 3.8) is 0 Å². The van der Waals surface area contributed by atoms with E-state index >= 15 is 0 Å². The second-order valence-corrected chi connectivity index (χ2v) is 7.36. The van der Waals surface area contributed by atoms with Gasteiger partial charge in [0.1, 0.15) is 11.4 Å². The van der Waals surface area contributed by atoms with Crippen LogP contribution in [0.2, 0.25) is 0 Å². The van der Waals surface area contributed by atoms with Crippen LogP contribution in [-0.4, -0.2) is 22.6 Å². The van der Waals surface area contributed by atoms with E-state index in [1.165, 1.54) is 0 Å². The number of phenolic OH excluding ortho intramolecular Hbond substituents is 1. The molecule has 6 nitrogen and oxygen atoms in total. The molecule has 0 bridgehead atoms. The van der Waals surface area contributed by atoms with Crippen molar-refractivity contribution in [3.05, 3.63) is 119 Å². The van der Waals surface area contributed by atoms with E-state index in [4.69, 9.17) is 0 Å². The zero-order valence-corrected chi connectivity index (χ0v) is 18.4. The molecule has 0 fully saturated rings. The molecule has 0 saturated heterocycles. The van der Waals surface area contributed by atoms with Crippen LogP contribution in [0.1, 0.15) is 35.3 Å². The number of nitrogens with zero attached hydrogens (tertiary/aromatic N) is 1. The smallest absolute Gasteiger partial charge is 0.287 e. The van der Waals surface area contributed by atoms with Crippen molar-refractivity contribution in [3.8, 4) is 5.75 Å². The molecule has 3 aromatic carbocycles. The van der Waals surface area contributed by atoms with Gasteiger partial charge in [-0.05, 0) is 73.0 Å². The molecule has 3 aromatic rings. The highest BCUT2D eigenvalue weighted by molar-refractivity contribution is 6.04. The maximum absolute atomic E-state index is 12.9. The first-order valence-electron chi connectivity index (χ1n) is 10.4. The minimum Gasteiger partial charge on any atom is -0.508 e. The van der Waals surface area contributed by atoms with E-state index in [1.54, 1.807) is 61.5 Å². The quantitative estimate of drug-likeness (QED) is 0.217. The summed E-state index contributed by atoms with van der Waals surface area (Å²) in [6.07, 6.45) is 3.52. The summed E-state index contributed by atoms with van der Waals surface area (Å²) in [5, 5.41) is 16.3. The van der Waals surface area contributed by atoms with E-state index in [0.29, 0.717) is 11.3 Å². The van der Waals surface area contributed by atoms with Gasteiger partial charge in [0, 0.05) is 5.56 Å². The lowest BCUT2D eigenvalue weighted by Crippen LogP contribution is -2.33. The van der Waals surface area contributed by atoms with Gasteiger partial charge in [0.25, 0.3) is 11.8 Å². The summed E-state index contributed by atoms with van der Waals surface area (Å²) in [6, 6.07) is 24.8. The minimum absolute atomic E-state index is 0.0655. The number of nitrogens with one attached hydrogen (secondary N) is 2. The van der Waals surface area contributed by atoms with Crippen molar-refractivity contribution < 1.29 is 14.7 Å². The number of hydrazone groups is 1. The lowest BCUT2D eigenvalue weighted by atomic mass is 10.1. The molecule has 0 aliphatic carbocycles. The van der Waals surface area contributed by atoms with Gasteiger partial charge in [-0.2, -0.15) is 5.10 Å². The van der Waals surface area contributed by atoms with Crippen molar-refractivity contribution in [1.29, 1.82) is 0 Å². The third kappa shape index (κ3) is 7.04. The fourth-order valence-corrected chi connectivity index (χ4v) is 2.99. The summed E-state index contributed by atoms with van der Waals surface area (Å²) in [7, 11) is 0. The van der Waals surface area contributed by atoms with Gasteiger partial charge in [0.2, 0.25) is 0 Å². The summed E-state index contributed by atoms with van der Waals surface area (Å²) < 4.78 is 0. The lowest BCUT2D eigenvalue weighted by Gasteiger charge is -2.10. The van der Waals surface area contributed by atoms with E-state index in [0.717, 1.165) is 16.7 Å². The molecule has 0 spiro atoms. The Kier molecular flexibility index (Phi) is 7.91. The number of benzene rings is 3. The van der Waals surface area contributed by atoms with Gasteiger partial charge in [-0.25, -0.2) is 5.43 Å². The van der Waals surface area contributed by atoms with E-state index in [2.05, 4.69) is 15.8 Å². The highest BCUT2D eigenvalue weighted by Crippen LogP contribution is 2.11. The summed E-state index contributed by atoms with van der Waals surface area (Å²) in [5.41, 5.74) is 6.04. The van der Waals surface area contributed by atoms with Gasteiger partial charge in [-0.3, -0.25) is 9.59 Å². The van der Waals surface area contributed by atoms with Crippen LogP contribution < -0.4 is 10.7 Å². The molecule has 3 rings (SSSR count). The first-order valence-corrected chi connectivity index (χ1v) is 10.4. The second-order valence-electron chi connectivity index (χ2n) is 7.36. The summed E-state index contributed by atoms with van der Waals surface area (Å²) in [6.45, 7) is 3.58. The molecule has 0 aliphatic heterocycles. The maximum atomic E-state index is 12.9. The molecule has 0 atom stereocenters. The molecule has 0 heterocycles. The molecule has 0 aromatic heterocycles. The SMILES string of the molecule is CC(=NNC(=O)/C(=C/C(C)=C/c1ccccc1)NC(=O)c1ccccc1)c1ccc(O)cc1. The first-order chi connectivity index (χ1) is 15.9. The monoisotopic (exact) mass is 439 g/mol. The van der Waals surface area contributed by atoms with Gasteiger partial charge in [-0.1, -0.05) is 54.6 Å². The average Bonchev–Trinajstić information content (AvgIpc) is 2.83. The van der Waals surface area contributed by atoms with Gasteiger partial charge < -0.3 is 10.4 Å². The molecular formula is C27H25N3O3. The number of hydrogen-bond acceptors (Lipinski definition) is 4. The zero-order chi connectivity index (χ0) is 23.6. The number of amides is 2. The van der Waals surface area contributed by atoms with Gasteiger partial charge in [-0.15, -0.1) is 0 Å². The van der Waals surface area contributed by atoms with Crippen molar-refractivity contribution >= 4 is 23.6 Å². The van der Waals surface area contributed by atoms with Crippen molar-refractivity contribution in [2.75, 3.05) is 0 Å². The predicted molar refractivity (Wildman–Crippen MR) is 131 cm³/mol. The topological polar surface area (TPSA) is 90.8 Å². The Hall–Kier alpha value is -4.45. The fourth-order valence-electron chi connectivity index (χ4n) is 2.99. The Morgan fingerprint density at radius 1 is 0.818 bits per heavy atom. The van der Waals surface area contributed by atoms with Crippen LogP contribution in [0.3, 0.4) is 0 Å². The summed E-state index contributed by atoms with van der Waals surface area (Å²) in [5.74, 6) is -0.813. The Labute approximate surface area is 193 Å². The minimum atomic E-state index is -0.557. The number of carbonyl (C=O) groups is 2. The van der Waals surface area contributed by atoms with Crippen LogP contribution in [0, 0.1) is 0 Å². The van der Waals surface area contributed by atoms with Gasteiger partial charge in [0.15, 0.2) is 0 Å². The largest absolute Gasteiger partial charge is 0.508 e. The van der Waals surface area contributed by atoms with Crippen molar-refractivity contribution in [1.82, 2.24) is 10.7 Å². The second kappa shape index (κ2) is 11.2. The third-order valence-electron chi connectivity index (χ3n) is 4.70. The van der Waals surface area contributed by atoms with Crippen LogP contribution in [0.15, 0.2) is 107 Å². The molecule has 33 heavy (non-hydrogen) atoms. The Bertz CT molecular complexity index is 1200. The highest BCUT2D eigenvalue weighted by atomic mass is 16.3. The van der Waals surface area contributed by atoms with Crippen LogP contribution in [0.5, 0.6) is 5.75 Å². The standard InChI is InChI=1S/C27H25N3O3/c1-19(17-21-9-5-3-6-10-21)18-25(28-26(32)23-11-7-4-8-12-23)27(33)30-29-20(2)22-13-15-24(31)16-14-22/h3-18,31H,1-2H3,(H,28,32)(H,30,33)/b19-17+,25-18-,29-20?. The molecule has 0 saturated carbocycles. The Morgan fingerprint density at radius 3 is 2.06 bits per heavy atom. The van der Waals surface area contributed by atoms with Crippen molar-refractivity contribution in [2.45, 2.75) is 13.8 Å². The molecule has 2 amide bonds. The zero-order valence-electron chi connectivity index (χ0n) is 18.4. The lowest BCUT2D eigenvalue weighted by molar-refractivity contribution is -0.117. The molecule has 0 aliphatic rings. The van der Waals surface area contributed by atoms with Gasteiger partial charge in [0.05, 0.1) is 5.71 Å². The van der Waals surface area contributed by atoms with E-state index < -0.39 is 11.8 Å². The first kappa shape index (κ1) is 23.2. The Morgan fingerprint density at radius 2 is 1.42 bits per heavy atom. The van der Waals surface area contributed by atoms with Crippen LogP contribution in [0.4, 0.5) is 0 Å². The fraction of sp³-hybridized carbons (Fsp3) is 0.0741. The van der Waals surface area contributed by atoms with E-state index in [-0.39, 0.29) is 11.4 Å². The molecule has 3 N–H and O–H groups in total. The number of hydrogen-bond donors (Lipinski definition) is 3. The Balaban J connectivity index is 1.84. The molecular weight excluding hydrogens is 414 g/mol.